The van der Waals surface area contributed by atoms with Crippen molar-refractivity contribution in [2.24, 2.45) is 0 Å². The van der Waals surface area contributed by atoms with Crippen molar-refractivity contribution in [3.63, 3.8) is 0 Å². The molecule has 3 rings (SSSR count). The first-order valence-corrected chi connectivity index (χ1v) is 6.61. The van der Waals surface area contributed by atoms with Crippen molar-refractivity contribution in [3.05, 3.63) is 53.8 Å². The van der Waals surface area contributed by atoms with Crippen LogP contribution in [-0.4, -0.2) is 20.2 Å². The van der Waals surface area contributed by atoms with Crippen LogP contribution in [-0.2, 0) is 6.42 Å². The standard InChI is InChI=1S/C15H14FN5/c1-2-10-4-3-5-14(6-10)21-15(18-19-20-21)11-7-12(16)9-13(17)8-11/h3-9H,2,17H2,1H3. The monoisotopic (exact) mass is 283 g/mol. The van der Waals surface area contributed by atoms with Crippen LogP contribution >= 0.6 is 0 Å². The Morgan fingerprint density at radius 1 is 1.19 bits per heavy atom. The van der Waals surface area contributed by atoms with Crippen LogP contribution in [0, 0.1) is 5.82 Å². The summed E-state index contributed by atoms with van der Waals surface area (Å²) in [7, 11) is 0. The summed E-state index contributed by atoms with van der Waals surface area (Å²) in [4.78, 5) is 0. The summed E-state index contributed by atoms with van der Waals surface area (Å²) in [6.07, 6.45) is 0.915. The Morgan fingerprint density at radius 3 is 2.81 bits per heavy atom. The van der Waals surface area contributed by atoms with Gasteiger partial charge < -0.3 is 5.73 Å². The first-order valence-electron chi connectivity index (χ1n) is 6.61. The van der Waals surface area contributed by atoms with Crippen LogP contribution in [0.2, 0.25) is 0 Å². The van der Waals surface area contributed by atoms with Crippen molar-refractivity contribution in [3.8, 4) is 17.1 Å². The van der Waals surface area contributed by atoms with Crippen LogP contribution in [0.5, 0.6) is 0 Å². The Hall–Kier alpha value is -2.76. The van der Waals surface area contributed by atoms with Crippen molar-refractivity contribution >= 4 is 5.69 Å². The number of hydrogen-bond acceptors (Lipinski definition) is 4. The molecule has 106 valence electrons. The number of tetrazole rings is 1. The van der Waals surface area contributed by atoms with Gasteiger partial charge in [-0.05, 0) is 52.7 Å². The van der Waals surface area contributed by atoms with Gasteiger partial charge in [0.25, 0.3) is 0 Å². The lowest BCUT2D eigenvalue weighted by atomic mass is 10.1. The minimum absolute atomic E-state index is 0.335. The zero-order valence-corrected chi connectivity index (χ0v) is 11.5. The van der Waals surface area contributed by atoms with E-state index < -0.39 is 5.82 Å². The highest BCUT2D eigenvalue weighted by Gasteiger charge is 2.12. The van der Waals surface area contributed by atoms with Crippen molar-refractivity contribution in [2.45, 2.75) is 13.3 Å². The van der Waals surface area contributed by atoms with Gasteiger partial charge in [0, 0.05) is 11.3 Å². The number of benzene rings is 2. The molecular formula is C15H14FN5. The van der Waals surface area contributed by atoms with E-state index in [1.807, 2.05) is 24.3 Å². The normalized spacial score (nSPS) is 10.8. The van der Waals surface area contributed by atoms with E-state index in [2.05, 4.69) is 22.4 Å². The van der Waals surface area contributed by atoms with E-state index in [4.69, 9.17) is 5.73 Å². The number of hydrogen-bond donors (Lipinski definition) is 1. The highest BCUT2D eigenvalue weighted by atomic mass is 19.1. The number of nitrogen functional groups attached to an aromatic ring is 1. The molecule has 0 spiro atoms. The van der Waals surface area contributed by atoms with Crippen LogP contribution in [0.15, 0.2) is 42.5 Å². The summed E-state index contributed by atoms with van der Waals surface area (Å²) in [6.45, 7) is 2.08. The van der Waals surface area contributed by atoms with Crippen LogP contribution in [0.1, 0.15) is 12.5 Å². The number of aryl methyl sites for hydroxylation is 1. The van der Waals surface area contributed by atoms with E-state index in [1.165, 1.54) is 17.7 Å². The summed E-state index contributed by atoms with van der Waals surface area (Å²) >= 11 is 0. The van der Waals surface area contributed by atoms with Gasteiger partial charge in [-0.1, -0.05) is 19.1 Å². The molecule has 0 atom stereocenters. The number of anilines is 1. The highest BCUT2D eigenvalue weighted by molar-refractivity contribution is 5.62. The lowest BCUT2D eigenvalue weighted by Gasteiger charge is -2.07. The zero-order valence-electron chi connectivity index (χ0n) is 11.5. The number of nitrogens with two attached hydrogens (primary N) is 1. The van der Waals surface area contributed by atoms with E-state index in [0.29, 0.717) is 17.1 Å². The van der Waals surface area contributed by atoms with Gasteiger partial charge in [0.2, 0.25) is 0 Å². The molecule has 2 aromatic carbocycles. The Labute approximate surface area is 121 Å². The molecule has 2 N–H and O–H groups in total. The van der Waals surface area contributed by atoms with Gasteiger partial charge in [-0.15, -0.1) is 5.10 Å². The zero-order chi connectivity index (χ0) is 14.8. The minimum Gasteiger partial charge on any atom is -0.399 e. The maximum absolute atomic E-state index is 13.5. The number of rotatable bonds is 3. The van der Waals surface area contributed by atoms with Crippen molar-refractivity contribution < 1.29 is 4.39 Å². The molecule has 5 nitrogen and oxygen atoms in total. The molecule has 0 saturated heterocycles. The Morgan fingerprint density at radius 2 is 2.05 bits per heavy atom. The van der Waals surface area contributed by atoms with Gasteiger partial charge in [0.15, 0.2) is 5.82 Å². The van der Waals surface area contributed by atoms with Gasteiger partial charge in [0.05, 0.1) is 5.69 Å². The van der Waals surface area contributed by atoms with Crippen LogP contribution in [0.3, 0.4) is 0 Å². The average molecular weight is 283 g/mol. The van der Waals surface area contributed by atoms with Gasteiger partial charge in [0.1, 0.15) is 5.82 Å². The van der Waals surface area contributed by atoms with Crippen molar-refractivity contribution in [1.82, 2.24) is 20.2 Å². The second kappa shape index (κ2) is 5.32. The van der Waals surface area contributed by atoms with E-state index in [1.54, 1.807) is 10.7 Å². The molecule has 1 aromatic heterocycles. The number of aromatic nitrogens is 4. The lowest BCUT2D eigenvalue weighted by molar-refractivity contribution is 0.628. The third-order valence-corrected chi connectivity index (χ3v) is 3.21. The summed E-state index contributed by atoms with van der Waals surface area (Å²) in [5.41, 5.74) is 8.56. The molecular weight excluding hydrogens is 269 g/mol. The lowest BCUT2D eigenvalue weighted by Crippen LogP contribution is -2.01. The number of nitrogens with zero attached hydrogens (tertiary/aromatic N) is 4. The van der Waals surface area contributed by atoms with Gasteiger partial charge in [-0.3, -0.25) is 0 Å². The molecule has 6 heteroatoms. The van der Waals surface area contributed by atoms with Crippen LogP contribution in [0.4, 0.5) is 10.1 Å². The van der Waals surface area contributed by atoms with Gasteiger partial charge in [-0.25, -0.2) is 4.39 Å². The Bertz CT molecular complexity index is 761. The van der Waals surface area contributed by atoms with Gasteiger partial charge >= 0.3 is 0 Å². The smallest absolute Gasteiger partial charge is 0.187 e. The fourth-order valence-corrected chi connectivity index (χ4v) is 2.19. The molecule has 21 heavy (non-hydrogen) atoms. The first kappa shape index (κ1) is 13.2. The van der Waals surface area contributed by atoms with Gasteiger partial charge in [-0.2, -0.15) is 4.68 Å². The highest BCUT2D eigenvalue weighted by Crippen LogP contribution is 2.23. The number of halogens is 1. The van der Waals surface area contributed by atoms with E-state index in [0.717, 1.165) is 12.1 Å². The maximum atomic E-state index is 13.5. The molecule has 1 heterocycles. The van der Waals surface area contributed by atoms with E-state index >= 15 is 0 Å². The quantitative estimate of drug-likeness (QED) is 0.750. The molecule has 0 unspecified atom stereocenters. The fraction of sp³-hybridized carbons (Fsp3) is 0.133. The summed E-state index contributed by atoms with van der Waals surface area (Å²) in [5, 5.41) is 11.7. The SMILES string of the molecule is CCc1cccc(-n2nnnc2-c2cc(N)cc(F)c2)c1. The summed E-state index contributed by atoms with van der Waals surface area (Å²) in [6, 6.07) is 12.2. The molecule has 0 aliphatic rings. The Kier molecular flexibility index (Phi) is 3.35. The van der Waals surface area contributed by atoms with Crippen LogP contribution < -0.4 is 5.73 Å². The predicted octanol–water partition coefficient (Wildman–Crippen LogP) is 2.61. The predicted molar refractivity (Wildman–Crippen MR) is 78.3 cm³/mol. The molecule has 0 saturated carbocycles. The topological polar surface area (TPSA) is 69.6 Å². The molecule has 0 fully saturated rings. The Balaban J connectivity index is 2.12. The third kappa shape index (κ3) is 2.60. The molecule has 0 aliphatic heterocycles. The van der Waals surface area contributed by atoms with Crippen molar-refractivity contribution in [1.29, 1.82) is 0 Å². The second-order valence-electron chi connectivity index (χ2n) is 4.71. The summed E-state index contributed by atoms with van der Waals surface area (Å²) < 4.78 is 15.1. The molecule has 3 aromatic rings. The molecule has 0 radical (unpaired) electrons. The maximum Gasteiger partial charge on any atom is 0.187 e. The average Bonchev–Trinajstić information content (AvgIpc) is 2.96. The molecule has 0 amide bonds. The molecule has 0 aliphatic carbocycles. The van der Waals surface area contributed by atoms with E-state index in [9.17, 15) is 4.39 Å². The largest absolute Gasteiger partial charge is 0.399 e. The van der Waals surface area contributed by atoms with Crippen LogP contribution in [0.25, 0.3) is 17.1 Å². The fourth-order valence-electron chi connectivity index (χ4n) is 2.19. The minimum atomic E-state index is -0.415. The van der Waals surface area contributed by atoms with Crippen molar-refractivity contribution in [2.75, 3.05) is 5.73 Å². The molecule has 0 bridgehead atoms. The van der Waals surface area contributed by atoms with E-state index in [-0.39, 0.29) is 0 Å². The second-order valence-corrected chi connectivity index (χ2v) is 4.71. The summed E-state index contributed by atoms with van der Waals surface area (Å²) in [5.74, 6) is 0.0383. The third-order valence-electron chi connectivity index (χ3n) is 3.21. The first-order chi connectivity index (χ1) is 10.2.